The lowest BCUT2D eigenvalue weighted by atomic mass is 9.85. The summed E-state index contributed by atoms with van der Waals surface area (Å²) in [5.74, 6) is 0. The highest BCUT2D eigenvalue weighted by Crippen LogP contribution is 2.36. The van der Waals surface area contributed by atoms with Crippen LogP contribution in [0, 0.1) is 0 Å². The molecule has 0 aliphatic heterocycles. The van der Waals surface area contributed by atoms with Crippen LogP contribution in [0.2, 0.25) is 0 Å². The van der Waals surface area contributed by atoms with Crippen LogP contribution in [0.25, 0.3) is 0 Å². The molecule has 0 amide bonds. The molecule has 0 fully saturated rings. The second-order valence-corrected chi connectivity index (χ2v) is 5.09. The van der Waals surface area contributed by atoms with Crippen LogP contribution in [0.15, 0.2) is 22.7 Å². The SMILES string of the molecule is CC(C)(CO)c1ccc(C(F)(F)F)cc1Br. The van der Waals surface area contributed by atoms with Gasteiger partial charge < -0.3 is 5.11 Å². The van der Waals surface area contributed by atoms with Gasteiger partial charge in [0.25, 0.3) is 0 Å². The topological polar surface area (TPSA) is 20.2 Å². The maximum absolute atomic E-state index is 12.4. The van der Waals surface area contributed by atoms with Gasteiger partial charge in [-0.05, 0) is 17.7 Å². The van der Waals surface area contributed by atoms with Crippen LogP contribution >= 0.6 is 15.9 Å². The van der Waals surface area contributed by atoms with Crippen LogP contribution in [0.4, 0.5) is 13.2 Å². The zero-order valence-electron chi connectivity index (χ0n) is 8.90. The minimum atomic E-state index is -4.34. The zero-order chi connectivity index (χ0) is 12.6. The molecule has 16 heavy (non-hydrogen) atoms. The summed E-state index contributed by atoms with van der Waals surface area (Å²) >= 11 is 3.11. The maximum atomic E-state index is 12.4. The molecule has 0 saturated heterocycles. The van der Waals surface area contributed by atoms with Crippen molar-refractivity contribution in [2.75, 3.05) is 6.61 Å². The van der Waals surface area contributed by atoms with Crippen LogP contribution in [0.3, 0.4) is 0 Å². The van der Waals surface area contributed by atoms with E-state index in [1.165, 1.54) is 6.07 Å². The number of rotatable bonds is 2. The van der Waals surface area contributed by atoms with Gasteiger partial charge in [0.2, 0.25) is 0 Å². The van der Waals surface area contributed by atoms with Crippen LogP contribution in [-0.2, 0) is 11.6 Å². The first-order valence-electron chi connectivity index (χ1n) is 4.66. The molecule has 1 rings (SSSR count). The normalized spacial score (nSPS) is 12.9. The summed E-state index contributed by atoms with van der Waals surface area (Å²) in [6.07, 6.45) is -4.34. The predicted octanol–water partition coefficient (Wildman–Crippen LogP) is 3.74. The number of aliphatic hydroxyl groups excluding tert-OH is 1. The Morgan fingerprint density at radius 3 is 2.19 bits per heavy atom. The lowest BCUT2D eigenvalue weighted by Gasteiger charge is -2.24. The zero-order valence-corrected chi connectivity index (χ0v) is 10.5. The van der Waals surface area contributed by atoms with Crippen molar-refractivity contribution in [3.8, 4) is 0 Å². The highest BCUT2D eigenvalue weighted by molar-refractivity contribution is 9.10. The molecule has 0 aromatic heterocycles. The Labute approximate surface area is 100 Å². The van der Waals surface area contributed by atoms with E-state index in [0.717, 1.165) is 12.1 Å². The minimum Gasteiger partial charge on any atom is -0.395 e. The van der Waals surface area contributed by atoms with E-state index in [-0.39, 0.29) is 6.61 Å². The average Bonchev–Trinajstić information content (AvgIpc) is 2.16. The quantitative estimate of drug-likeness (QED) is 0.881. The minimum absolute atomic E-state index is 0.128. The second-order valence-electron chi connectivity index (χ2n) is 4.23. The molecule has 5 heteroatoms. The Kier molecular flexibility index (Phi) is 3.69. The molecule has 1 N–H and O–H groups in total. The summed E-state index contributed by atoms with van der Waals surface area (Å²) in [4.78, 5) is 0. The largest absolute Gasteiger partial charge is 0.416 e. The lowest BCUT2D eigenvalue weighted by molar-refractivity contribution is -0.137. The van der Waals surface area contributed by atoms with Crippen LogP contribution < -0.4 is 0 Å². The van der Waals surface area contributed by atoms with E-state index < -0.39 is 17.2 Å². The summed E-state index contributed by atoms with van der Waals surface area (Å²) < 4.78 is 37.6. The van der Waals surface area contributed by atoms with Crippen molar-refractivity contribution in [1.82, 2.24) is 0 Å². The molecule has 0 aliphatic rings. The molecule has 0 heterocycles. The molecule has 0 aliphatic carbocycles. The summed E-state index contributed by atoms with van der Waals surface area (Å²) in [6.45, 7) is 3.40. The molecule has 0 radical (unpaired) electrons. The number of hydrogen-bond donors (Lipinski definition) is 1. The maximum Gasteiger partial charge on any atom is 0.416 e. The summed E-state index contributed by atoms with van der Waals surface area (Å²) in [7, 11) is 0. The first-order chi connectivity index (χ1) is 7.18. The molecule has 0 atom stereocenters. The van der Waals surface area contributed by atoms with Crippen molar-refractivity contribution in [2.24, 2.45) is 0 Å². The molecule has 0 saturated carbocycles. The van der Waals surface area contributed by atoms with Gasteiger partial charge in [-0.15, -0.1) is 0 Å². The highest BCUT2D eigenvalue weighted by atomic mass is 79.9. The van der Waals surface area contributed by atoms with Crippen molar-refractivity contribution in [3.05, 3.63) is 33.8 Å². The fourth-order valence-electron chi connectivity index (χ4n) is 1.33. The van der Waals surface area contributed by atoms with Gasteiger partial charge in [0.05, 0.1) is 12.2 Å². The third kappa shape index (κ3) is 2.77. The predicted molar refractivity (Wildman–Crippen MR) is 59.3 cm³/mol. The smallest absolute Gasteiger partial charge is 0.395 e. The molecule has 1 aromatic rings. The van der Waals surface area contributed by atoms with Crippen molar-refractivity contribution in [1.29, 1.82) is 0 Å². The first kappa shape index (κ1) is 13.5. The van der Waals surface area contributed by atoms with Crippen molar-refractivity contribution >= 4 is 15.9 Å². The van der Waals surface area contributed by atoms with E-state index in [0.29, 0.717) is 10.0 Å². The van der Waals surface area contributed by atoms with Gasteiger partial charge in [-0.3, -0.25) is 0 Å². The second kappa shape index (κ2) is 4.37. The lowest BCUT2D eigenvalue weighted by Crippen LogP contribution is -2.23. The van der Waals surface area contributed by atoms with E-state index in [4.69, 9.17) is 5.11 Å². The van der Waals surface area contributed by atoms with E-state index >= 15 is 0 Å². The van der Waals surface area contributed by atoms with Gasteiger partial charge in [0.1, 0.15) is 0 Å². The van der Waals surface area contributed by atoms with E-state index in [2.05, 4.69) is 15.9 Å². The molecule has 0 bridgehead atoms. The summed E-state index contributed by atoms with van der Waals surface area (Å²) in [5.41, 5.74) is -0.608. The fourth-order valence-corrected chi connectivity index (χ4v) is 2.24. The first-order valence-corrected chi connectivity index (χ1v) is 5.46. The molecule has 90 valence electrons. The van der Waals surface area contributed by atoms with E-state index in [1.807, 2.05) is 0 Å². The van der Waals surface area contributed by atoms with Crippen molar-refractivity contribution in [3.63, 3.8) is 0 Å². The van der Waals surface area contributed by atoms with E-state index in [9.17, 15) is 13.2 Å². The van der Waals surface area contributed by atoms with Crippen LogP contribution in [0.1, 0.15) is 25.0 Å². The molecule has 1 nitrogen and oxygen atoms in total. The van der Waals surface area contributed by atoms with Crippen molar-refractivity contribution in [2.45, 2.75) is 25.4 Å². The van der Waals surface area contributed by atoms with Gasteiger partial charge in [-0.25, -0.2) is 0 Å². The molecular weight excluding hydrogens is 285 g/mol. The van der Waals surface area contributed by atoms with Gasteiger partial charge in [0.15, 0.2) is 0 Å². The van der Waals surface area contributed by atoms with Gasteiger partial charge >= 0.3 is 6.18 Å². The summed E-state index contributed by atoms with van der Waals surface area (Å²) in [5, 5.41) is 9.16. The number of hydrogen-bond acceptors (Lipinski definition) is 1. The number of halogens is 4. The van der Waals surface area contributed by atoms with Gasteiger partial charge in [-0.2, -0.15) is 13.2 Å². The van der Waals surface area contributed by atoms with Crippen molar-refractivity contribution < 1.29 is 18.3 Å². The highest BCUT2D eigenvalue weighted by Gasteiger charge is 2.32. The third-order valence-electron chi connectivity index (χ3n) is 2.42. The Hall–Kier alpha value is -0.550. The number of benzene rings is 1. The van der Waals surface area contributed by atoms with Crippen LogP contribution in [0.5, 0.6) is 0 Å². The monoisotopic (exact) mass is 296 g/mol. The Bertz CT molecular complexity index is 385. The fraction of sp³-hybridized carbons (Fsp3) is 0.455. The average molecular weight is 297 g/mol. The molecule has 1 aromatic carbocycles. The number of alkyl halides is 3. The molecule has 0 unspecified atom stereocenters. The van der Waals surface area contributed by atoms with Gasteiger partial charge in [0, 0.05) is 9.89 Å². The standard InChI is InChI=1S/C11H12BrF3O/c1-10(2,6-16)8-4-3-7(5-9(8)12)11(13,14)15/h3-5,16H,6H2,1-2H3. The third-order valence-corrected chi connectivity index (χ3v) is 3.08. The molecular formula is C11H12BrF3O. The van der Waals surface area contributed by atoms with E-state index in [1.54, 1.807) is 13.8 Å². The Morgan fingerprint density at radius 2 is 1.81 bits per heavy atom. The van der Waals surface area contributed by atoms with Crippen LogP contribution in [-0.4, -0.2) is 11.7 Å². The molecule has 0 spiro atoms. The summed E-state index contributed by atoms with van der Waals surface area (Å²) in [6, 6.07) is 3.45. The van der Waals surface area contributed by atoms with Gasteiger partial charge in [-0.1, -0.05) is 35.8 Å². The number of aliphatic hydroxyl groups is 1. The Morgan fingerprint density at radius 1 is 1.25 bits per heavy atom. The Balaban J connectivity index is 3.20.